The van der Waals surface area contributed by atoms with Crippen molar-refractivity contribution in [3.8, 4) is 24.3 Å². The molecule has 0 saturated heterocycles. The Balaban J connectivity index is 0. The smallest absolute Gasteiger partial charge is 0.233 e. The predicted octanol–water partition coefficient (Wildman–Crippen LogP) is -2.02. The van der Waals surface area contributed by atoms with Gasteiger partial charge < -0.3 is 0 Å². The first-order valence-electron chi connectivity index (χ1n) is 2.93. The van der Waals surface area contributed by atoms with Crippen molar-refractivity contribution in [2.24, 2.45) is 0 Å². The summed E-state index contributed by atoms with van der Waals surface area (Å²) in [6.07, 6.45) is 0.964. The molecule has 0 rings (SSSR count). The Hall–Kier alpha value is -1.43. The fourth-order valence-corrected chi connectivity index (χ4v) is 0.495. The van der Waals surface area contributed by atoms with E-state index in [0.29, 0.717) is 0 Å². The van der Waals surface area contributed by atoms with Gasteiger partial charge in [0, 0.05) is 11.6 Å². The number of allylic oxidation sites excluding steroid dienone is 2. The van der Waals surface area contributed by atoms with Crippen molar-refractivity contribution in [1.29, 1.82) is 21.0 Å². The molecule has 0 aromatic carbocycles. The summed E-state index contributed by atoms with van der Waals surface area (Å²) in [4.78, 5) is 0. The van der Waals surface area contributed by atoms with Crippen LogP contribution in [0.4, 0.5) is 0 Å². The molecule has 0 fully saturated rings. The minimum atomic E-state index is -0.0712. The molecular weight excluding hydrogens is 175 g/mol. The molecule has 0 aliphatic heterocycles. The van der Waals surface area contributed by atoms with Crippen LogP contribution in [0.2, 0.25) is 0 Å². The van der Waals surface area contributed by atoms with Crippen LogP contribution in [0.25, 0.3) is 0 Å². The topological polar surface area (TPSA) is 95.2 Å². The third-order valence-corrected chi connectivity index (χ3v) is 1.02. The van der Waals surface area contributed by atoms with Gasteiger partial charge in [0.2, 0.25) is 0 Å². The molecule has 0 radical (unpaired) electrons. The summed E-state index contributed by atoms with van der Waals surface area (Å²) >= 11 is 0. The predicted molar refractivity (Wildman–Crippen MR) is 38.4 cm³/mol. The Bertz CT molecular complexity index is 330. The largest absolute Gasteiger partial charge is 1.00 e. The summed E-state index contributed by atoms with van der Waals surface area (Å²) < 4.78 is 0. The normalized spacial score (nSPS) is 7.85. The number of hydrogen-bond acceptors (Lipinski definition) is 4. The Morgan fingerprint density at radius 3 is 2.00 bits per heavy atom. The third-order valence-electron chi connectivity index (χ3n) is 1.02. The van der Waals surface area contributed by atoms with Crippen molar-refractivity contribution < 1.29 is 29.6 Å². The maximum Gasteiger partial charge on any atom is 1.00 e. The van der Waals surface area contributed by atoms with Crippen LogP contribution in [0.15, 0.2) is 11.6 Å². The van der Waals surface area contributed by atoms with Gasteiger partial charge >= 0.3 is 29.6 Å². The van der Waals surface area contributed by atoms with Crippen LogP contribution in [0, 0.1) is 51.2 Å². The van der Waals surface area contributed by atoms with Gasteiger partial charge in [0.05, 0.1) is 12.1 Å². The summed E-state index contributed by atoms with van der Waals surface area (Å²) in [5.41, 5.74) is 0.121. The molecular formula is C8H3N4Na. The average molecular weight is 178 g/mol. The third kappa shape index (κ3) is 5.80. The Morgan fingerprint density at radius 2 is 1.69 bits per heavy atom. The number of nitriles is 4. The molecule has 56 valence electrons. The first-order valence-corrected chi connectivity index (χ1v) is 2.93. The monoisotopic (exact) mass is 178 g/mol. The van der Waals surface area contributed by atoms with Crippen molar-refractivity contribution in [3.05, 3.63) is 17.6 Å². The molecule has 4 nitrogen and oxygen atoms in total. The first-order chi connectivity index (χ1) is 5.78. The SMILES string of the molecule is N#C/C=C(\C#N)C[C-](C#N)C#N.[Na+]. The second kappa shape index (κ2) is 8.66. The minimum absolute atomic E-state index is 0. The van der Waals surface area contributed by atoms with E-state index in [1.165, 1.54) is 0 Å². The zero-order valence-corrected chi connectivity index (χ0v) is 9.07. The molecule has 0 unspecified atom stereocenters. The molecule has 0 aromatic rings. The molecule has 0 aliphatic rings. The molecule has 0 bridgehead atoms. The van der Waals surface area contributed by atoms with Gasteiger partial charge in [-0.3, -0.25) is 0 Å². The van der Waals surface area contributed by atoms with Gasteiger partial charge in [0.25, 0.3) is 0 Å². The Kier molecular flexibility index (Phi) is 9.41. The number of nitrogens with zero attached hydrogens (tertiary/aromatic N) is 4. The molecule has 0 aliphatic carbocycles. The van der Waals surface area contributed by atoms with Gasteiger partial charge in [-0.25, -0.2) is 10.5 Å². The van der Waals surface area contributed by atoms with E-state index in [9.17, 15) is 0 Å². The summed E-state index contributed by atoms with van der Waals surface area (Å²) in [6, 6.07) is 6.63. The van der Waals surface area contributed by atoms with E-state index >= 15 is 0 Å². The maximum absolute atomic E-state index is 8.40. The zero-order chi connectivity index (χ0) is 9.40. The number of rotatable bonds is 2. The molecule has 0 heterocycles. The molecule has 0 atom stereocenters. The summed E-state index contributed by atoms with van der Waals surface area (Å²) in [5, 5.41) is 33.2. The van der Waals surface area contributed by atoms with Crippen molar-refractivity contribution in [1.82, 2.24) is 0 Å². The van der Waals surface area contributed by atoms with Gasteiger partial charge in [-0.1, -0.05) is 12.1 Å². The van der Waals surface area contributed by atoms with E-state index in [1.807, 2.05) is 0 Å². The van der Waals surface area contributed by atoms with Crippen LogP contribution >= 0.6 is 0 Å². The summed E-state index contributed by atoms with van der Waals surface area (Å²) in [5.74, 6) is -0.0712. The van der Waals surface area contributed by atoms with Gasteiger partial charge in [-0.05, 0) is 0 Å². The molecule has 13 heavy (non-hydrogen) atoms. The molecule has 5 heteroatoms. The molecule has 0 saturated carbocycles. The fraction of sp³-hybridized carbons (Fsp3) is 0.125. The standard InChI is InChI=1S/C8H3N4.Na/c9-2-1-7(4-10)3-8(5-11)6-12;/h1H,3H2;/q-1;+1/b7-1-;. The van der Waals surface area contributed by atoms with E-state index in [4.69, 9.17) is 21.0 Å². The van der Waals surface area contributed by atoms with Crippen LogP contribution in [-0.2, 0) is 0 Å². The van der Waals surface area contributed by atoms with Gasteiger partial charge in [-0.2, -0.15) is 16.4 Å². The quantitative estimate of drug-likeness (QED) is 0.277. The van der Waals surface area contributed by atoms with Crippen molar-refractivity contribution in [2.45, 2.75) is 6.42 Å². The van der Waals surface area contributed by atoms with Crippen LogP contribution in [0.3, 0.4) is 0 Å². The van der Waals surface area contributed by atoms with Crippen LogP contribution in [0.5, 0.6) is 0 Å². The van der Waals surface area contributed by atoms with Gasteiger partial charge in [0.15, 0.2) is 0 Å². The van der Waals surface area contributed by atoms with Crippen LogP contribution < -0.4 is 29.6 Å². The maximum atomic E-state index is 8.40. The fourth-order valence-electron chi connectivity index (χ4n) is 0.495. The van der Waals surface area contributed by atoms with Gasteiger partial charge in [0.1, 0.15) is 0 Å². The molecule has 0 amide bonds. The van der Waals surface area contributed by atoms with E-state index < -0.39 is 0 Å². The van der Waals surface area contributed by atoms with Crippen LogP contribution in [0.1, 0.15) is 6.42 Å². The zero-order valence-electron chi connectivity index (χ0n) is 7.07. The van der Waals surface area contributed by atoms with Crippen molar-refractivity contribution in [2.75, 3.05) is 0 Å². The molecule has 0 N–H and O–H groups in total. The minimum Gasteiger partial charge on any atom is -0.233 e. The molecule has 0 spiro atoms. The number of hydrogen-bond donors (Lipinski definition) is 0. The van der Waals surface area contributed by atoms with E-state index in [2.05, 4.69) is 0 Å². The summed E-state index contributed by atoms with van der Waals surface area (Å²) in [6.45, 7) is 0. The Morgan fingerprint density at radius 1 is 1.15 bits per heavy atom. The Labute approximate surface area is 98.6 Å². The van der Waals surface area contributed by atoms with Crippen LogP contribution in [-0.4, -0.2) is 0 Å². The van der Waals surface area contributed by atoms with E-state index in [1.54, 1.807) is 24.3 Å². The van der Waals surface area contributed by atoms with Crippen molar-refractivity contribution >= 4 is 0 Å². The van der Waals surface area contributed by atoms with Crippen molar-refractivity contribution in [3.63, 3.8) is 0 Å². The second-order valence-electron chi connectivity index (χ2n) is 1.79. The first kappa shape index (κ1) is 14.1. The average Bonchev–Trinajstić information content (AvgIpc) is 2.12. The summed E-state index contributed by atoms with van der Waals surface area (Å²) in [7, 11) is 0. The molecule has 0 aromatic heterocycles. The van der Waals surface area contributed by atoms with E-state index in [0.717, 1.165) is 6.08 Å². The van der Waals surface area contributed by atoms with Gasteiger partial charge in [-0.15, -0.1) is 6.42 Å². The second-order valence-corrected chi connectivity index (χ2v) is 1.79. The van der Waals surface area contributed by atoms with E-state index in [-0.39, 0.29) is 47.5 Å².